The maximum Gasteiger partial charge on any atom is 0.144 e. The van der Waals surface area contributed by atoms with Crippen molar-refractivity contribution in [1.82, 2.24) is 0 Å². The van der Waals surface area contributed by atoms with Crippen molar-refractivity contribution in [2.45, 2.75) is 40.0 Å². The van der Waals surface area contributed by atoms with Crippen LogP contribution < -0.4 is 10.5 Å². The van der Waals surface area contributed by atoms with E-state index in [9.17, 15) is 0 Å². The van der Waals surface area contributed by atoms with E-state index in [0.29, 0.717) is 6.61 Å². The summed E-state index contributed by atoms with van der Waals surface area (Å²) >= 11 is 0. The van der Waals surface area contributed by atoms with Crippen LogP contribution in [0.15, 0.2) is 29.4 Å². The average Bonchev–Trinajstić information content (AvgIpc) is 2.43. The Morgan fingerprint density at radius 3 is 2.47 bits per heavy atom. The zero-order chi connectivity index (χ0) is 14.3. The van der Waals surface area contributed by atoms with Crippen LogP contribution in [0.4, 0.5) is 0 Å². The lowest BCUT2D eigenvalue weighted by molar-refractivity contribution is 0.277. The van der Waals surface area contributed by atoms with Crippen LogP contribution in [0.5, 0.6) is 5.75 Å². The molecule has 0 heterocycles. The van der Waals surface area contributed by atoms with Gasteiger partial charge in [0.25, 0.3) is 0 Å². The predicted octanol–water partition coefficient (Wildman–Crippen LogP) is 3.18. The molecule has 0 fully saturated rings. The van der Waals surface area contributed by atoms with Crippen LogP contribution in [0.25, 0.3) is 0 Å². The van der Waals surface area contributed by atoms with Crippen LogP contribution in [-0.4, -0.2) is 17.6 Å². The molecule has 0 aliphatic rings. The normalized spacial score (nSPS) is 12.5. The lowest BCUT2D eigenvalue weighted by atomic mass is 9.87. The molecule has 4 nitrogen and oxygen atoms in total. The molecule has 19 heavy (non-hydrogen) atoms. The Morgan fingerprint density at radius 1 is 1.32 bits per heavy atom. The van der Waals surface area contributed by atoms with Gasteiger partial charge >= 0.3 is 0 Å². The molecule has 0 aromatic heterocycles. The topological polar surface area (TPSA) is 67.8 Å². The van der Waals surface area contributed by atoms with Gasteiger partial charge in [0.2, 0.25) is 0 Å². The molecule has 4 heteroatoms. The van der Waals surface area contributed by atoms with E-state index in [1.165, 1.54) is 5.56 Å². The van der Waals surface area contributed by atoms with Crippen LogP contribution >= 0.6 is 0 Å². The maximum absolute atomic E-state index is 8.69. The summed E-state index contributed by atoms with van der Waals surface area (Å²) in [5.41, 5.74) is 6.64. The molecule has 106 valence electrons. The lowest BCUT2D eigenvalue weighted by Gasteiger charge is -2.22. The fourth-order valence-corrected chi connectivity index (χ4v) is 1.79. The second-order valence-electron chi connectivity index (χ2n) is 5.32. The van der Waals surface area contributed by atoms with Gasteiger partial charge in [-0.15, -0.1) is 0 Å². The molecule has 0 unspecified atom stereocenters. The zero-order valence-electron chi connectivity index (χ0n) is 12.0. The highest BCUT2D eigenvalue weighted by Crippen LogP contribution is 2.22. The monoisotopic (exact) mass is 264 g/mol. The van der Waals surface area contributed by atoms with Crippen LogP contribution in [0.1, 0.15) is 39.2 Å². The Labute approximate surface area is 115 Å². The van der Waals surface area contributed by atoms with E-state index in [4.69, 9.17) is 15.7 Å². The number of hydrogen-bond donors (Lipinski definition) is 2. The van der Waals surface area contributed by atoms with Crippen molar-refractivity contribution < 1.29 is 9.94 Å². The van der Waals surface area contributed by atoms with E-state index < -0.39 is 0 Å². The van der Waals surface area contributed by atoms with Gasteiger partial charge in [0.1, 0.15) is 11.6 Å². The van der Waals surface area contributed by atoms with E-state index >= 15 is 0 Å². The summed E-state index contributed by atoms with van der Waals surface area (Å²) in [5.74, 6) is 1.15. The average molecular weight is 264 g/mol. The molecule has 0 amide bonds. The van der Waals surface area contributed by atoms with Crippen molar-refractivity contribution in [1.29, 1.82) is 0 Å². The van der Waals surface area contributed by atoms with Crippen LogP contribution in [-0.2, 0) is 6.42 Å². The SMILES string of the molecule is CCc1ccc(OCCCC(C)(C)C(N)=NO)cc1. The largest absolute Gasteiger partial charge is 0.494 e. The fraction of sp³-hybridized carbons (Fsp3) is 0.533. The van der Waals surface area contributed by atoms with Crippen molar-refractivity contribution in [2.75, 3.05) is 6.61 Å². The Morgan fingerprint density at radius 2 is 1.95 bits per heavy atom. The number of oxime groups is 1. The van der Waals surface area contributed by atoms with Gasteiger partial charge in [-0.25, -0.2) is 0 Å². The molecule has 0 radical (unpaired) electrons. The number of benzene rings is 1. The molecular weight excluding hydrogens is 240 g/mol. The molecule has 1 aromatic carbocycles. The first kappa shape index (κ1) is 15.3. The number of nitrogens with zero attached hydrogens (tertiary/aromatic N) is 1. The maximum atomic E-state index is 8.69. The first-order valence-corrected chi connectivity index (χ1v) is 6.69. The number of nitrogens with two attached hydrogens (primary N) is 1. The third-order valence-electron chi connectivity index (χ3n) is 3.35. The third-order valence-corrected chi connectivity index (χ3v) is 3.35. The molecule has 0 atom stereocenters. The summed E-state index contributed by atoms with van der Waals surface area (Å²) in [6, 6.07) is 8.15. The van der Waals surface area contributed by atoms with Crippen molar-refractivity contribution in [2.24, 2.45) is 16.3 Å². The number of amidine groups is 1. The number of ether oxygens (including phenoxy) is 1. The van der Waals surface area contributed by atoms with E-state index in [0.717, 1.165) is 25.0 Å². The molecule has 0 bridgehead atoms. The lowest BCUT2D eigenvalue weighted by Crippen LogP contribution is -2.32. The highest BCUT2D eigenvalue weighted by atomic mass is 16.5. The van der Waals surface area contributed by atoms with Crippen LogP contribution in [0.2, 0.25) is 0 Å². The molecule has 1 rings (SSSR count). The molecule has 0 saturated carbocycles. The number of hydrogen-bond acceptors (Lipinski definition) is 3. The summed E-state index contributed by atoms with van der Waals surface area (Å²) in [6.07, 6.45) is 2.71. The molecule has 0 aliphatic heterocycles. The third kappa shape index (κ3) is 4.81. The van der Waals surface area contributed by atoms with Gasteiger partial charge in [0.05, 0.1) is 6.61 Å². The molecule has 0 aliphatic carbocycles. The van der Waals surface area contributed by atoms with Crippen LogP contribution in [0.3, 0.4) is 0 Å². The van der Waals surface area contributed by atoms with E-state index in [1.807, 2.05) is 26.0 Å². The second-order valence-corrected chi connectivity index (χ2v) is 5.32. The minimum absolute atomic E-state index is 0.264. The minimum Gasteiger partial charge on any atom is -0.494 e. The summed E-state index contributed by atoms with van der Waals surface area (Å²) in [7, 11) is 0. The van der Waals surface area contributed by atoms with Crippen molar-refractivity contribution in [3.8, 4) is 5.75 Å². The van der Waals surface area contributed by atoms with Gasteiger partial charge < -0.3 is 15.7 Å². The summed E-state index contributed by atoms with van der Waals surface area (Å²) in [5, 5.41) is 11.8. The van der Waals surface area contributed by atoms with E-state index in [1.54, 1.807) is 0 Å². The van der Waals surface area contributed by atoms with E-state index in [2.05, 4.69) is 24.2 Å². The molecule has 0 saturated heterocycles. The highest BCUT2D eigenvalue weighted by Gasteiger charge is 2.22. The van der Waals surface area contributed by atoms with Crippen molar-refractivity contribution in [3.63, 3.8) is 0 Å². The first-order chi connectivity index (χ1) is 8.99. The van der Waals surface area contributed by atoms with Gasteiger partial charge in [-0.2, -0.15) is 0 Å². The quantitative estimate of drug-likeness (QED) is 0.261. The summed E-state index contributed by atoms with van der Waals surface area (Å²) in [4.78, 5) is 0. The molecule has 0 spiro atoms. The Hall–Kier alpha value is -1.71. The highest BCUT2D eigenvalue weighted by molar-refractivity contribution is 5.85. The van der Waals surface area contributed by atoms with Gasteiger partial charge in [0, 0.05) is 5.41 Å². The smallest absolute Gasteiger partial charge is 0.144 e. The number of aryl methyl sites for hydroxylation is 1. The van der Waals surface area contributed by atoms with Gasteiger partial charge in [0.15, 0.2) is 0 Å². The van der Waals surface area contributed by atoms with E-state index in [-0.39, 0.29) is 11.3 Å². The zero-order valence-corrected chi connectivity index (χ0v) is 12.0. The van der Waals surface area contributed by atoms with Gasteiger partial charge in [-0.3, -0.25) is 0 Å². The fourth-order valence-electron chi connectivity index (χ4n) is 1.79. The minimum atomic E-state index is -0.301. The standard InChI is InChI=1S/C15H24N2O2/c1-4-12-6-8-13(9-7-12)19-11-5-10-15(2,3)14(16)17-18/h6-9,18H,4-5,10-11H2,1-3H3,(H2,16,17). The predicted molar refractivity (Wildman–Crippen MR) is 77.7 cm³/mol. The Bertz CT molecular complexity index is 411. The Balaban J connectivity index is 2.34. The second kappa shape index (κ2) is 7.02. The first-order valence-electron chi connectivity index (χ1n) is 6.69. The van der Waals surface area contributed by atoms with Crippen molar-refractivity contribution >= 4 is 5.84 Å². The summed E-state index contributed by atoms with van der Waals surface area (Å²) in [6.45, 7) is 6.68. The van der Waals surface area contributed by atoms with Crippen molar-refractivity contribution in [3.05, 3.63) is 29.8 Å². The van der Waals surface area contributed by atoms with Gasteiger partial charge in [-0.05, 0) is 37.0 Å². The molecule has 1 aromatic rings. The van der Waals surface area contributed by atoms with Gasteiger partial charge in [-0.1, -0.05) is 38.1 Å². The molecular formula is C15H24N2O2. The number of rotatable bonds is 7. The Kier molecular flexibility index (Phi) is 5.67. The summed E-state index contributed by atoms with van der Waals surface area (Å²) < 4.78 is 5.67. The molecule has 3 N–H and O–H groups in total. The van der Waals surface area contributed by atoms with Crippen LogP contribution in [0, 0.1) is 5.41 Å².